The Morgan fingerprint density at radius 2 is 1.78 bits per heavy atom. The highest BCUT2D eigenvalue weighted by atomic mass is 16.5. The molecule has 188 valence electrons. The molecule has 0 unspecified atom stereocenters. The molecule has 2 aromatic carbocycles. The van der Waals surface area contributed by atoms with Crippen molar-refractivity contribution in [2.45, 2.75) is 63.9 Å². The quantitative estimate of drug-likeness (QED) is 0.281. The smallest absolute Gasteiger partial charge is 0.319 e. The molecule has 1 heterocycles. The van der Waals surface area contributed by atoms with Gasteiger partial charge in [0.1, 0.15) is 12.4 Å². The normalized spacial score (nSPS) is 15.8. The fraction of sp³-hybridized carbons (Fsp3) is 0.400. The zero-order chi connectivity index (χ0) is 24.6. The molecule has 0 radical (unpaired) electrons. The number of hydrogen-bond acceptors (Lipinski definition) is 4. The molecule has 2 amide bonds. The zero-order valence-electron chi connectivity index (χ0n) is 20.8. The lowest BCUT2D eigenvalue weighted by molar-refractivity contribution is 0.250. The Morgan fingerprint density at radius 1 is 0.917 bits per heavy atom. The topological polar surface area (TPSA) is 75.3 Å². The van der Waals surface area contributed by atoms with E-state index in [1.165, 1.54) is 50.5 Å². The second-order valence-electron chi connectivity index (χ2n) is 10.0. The lowest BCUT2D eigenvalue weighted by Gasteiger charge is -2.21. The van der Waals surface area contributed by atoms with Crippen LogP contribution in [0, 0.1) is 5.92 Å². The predicted octanol–water partition coefficient (Wildman–Crippen LogP) is 7.37. The highest BCUT2D eigenvalue weighted by molar-refractivity contribution is 5.90. The SMILES string of the molecule is O=C(NCCC1CCCCC1)Nc1cccc(Nc2ccc(OCc3ccccn3)cc2C2CC2)c1. The van der Waals surface area contributed by atoms with E-state index in [9.17, 15) is 4.79 Å². The molecule has 0 atom stereocenters. The number of rotatable bonds is 10. The minimum Gasteiger partial charge on any atom is -0.487 e. The van der Waals surface area contributed by atoms with Gasteiger partial charge in [0, 0.05) is 29.8 Å². The molecule has 5 rings (SSSR count). The highest BCUT2D eigenvalue weighted by Crippen LogP contribution is 2.45. The van der Waals surface area contributed by atoms with Crippen LogP contribution in [0.2, 0.25) is 0 Å². The molecule has 6 heteroatoms. The maximum absolute atomic E-state index is 12.4. The first-order chi connectivity index (χ1) is 17.7. The van der Waals surface area contributed by atoms with E-state index in [0.717, 1.165) is 47.4 Å². The molecule has 3 N–H and O–H groups in total. The first-order valence-corrected chi connectivity index (χ1v) is 13.3. The second kappa shape index (κ2) is 11.9. The zero-order valence-corrected chi connectivity index (χ0v) is 20.8. The predicted molar refractivity (Wildman–Crippen MR) is 145 cm³/mol. The van der Waals surface area contributed by atoms with Gasteiger partial charge >= 0.3 is 6.03 Å². The van der Waals surface area contributed by atoms with E-state index in [2.05, 4.69) is 33.1 Å². The Balaban J connectivity index is 1.17. The Hall–Kier alpha value is -3.54. The van der Waals surface area contributed by atoms with E-state index in [-0.39, 0.29) is 6.03 Å². The maximum atomic E-state index is 12.4. The number of carbonyl (C=O) groups is 1. The summed E-state index contributed by atoms with van der Waals surface area (Å²) >= 11 is 0. The van der Waals surface area contributed by atoms with Gasteiger partial charge in [-0.3, -0.25) is 4.98 Å². The number of urea groups is 1. The average molecular weight is 485 g/mol. The van der Waals surface area contributed by atoms with E-state index in [4.69, 9.17) is 4.74 Å². The maximum Gasteiger partial charge on any atom is 0.319 e. The number of nitrogens with zero attached hydrogens (tertiary/aromatic N) is 1. The molecule has 36 heavy (non-hydrogen) atoms. The minimum absolute atomic E-state index is 0.143. The standard InChI is InChI=1S/C30H36N4O2/c35-30(32-18-16-22-7-2-1-3-8-22)34-25-11-6-10-24(19-25)33-29-15-14-27(20-28(29)23-12-13-23)36-21-26-9-4-5-17-31-26/h4-6,9-11,14-15,17,19-20,22-23,33H,1-3,7-8,12-13,16,18,21H2,(H2,32,34,35). The summed E-state index contributed by atoms with van der Waals surface area (Å²) in [5.41, 5.74) is 4.98. The summed E-state index contributed by atoms with van der Waals surface area (Å²) in [5, 5.41) is 9.56. The average Bonchev–Trinajstić information content (AvgIpc) is 3.75. The Bertz CT molecular complexity index is 1140. The highest BCUT2D eigenvalue weighted by Gasteiger charge is 2.27. The summed E-state index contributed by atoms with van der Waals surface area (Å²) in [5.74, 6) is 2.18. The third-order valence-corrected chi connectivity index (χ3v) is 7.12. The van der Waals surface area contributed by atoms with Crippen molar-refractivity contribution in [3.05, 3.63) is 78.1 Å². The van der Waals surface area contributed by atoms with Gasteiger partial charge in [0.25, 0.3) is 0 Å². The number of hydrogen-bond donors (Lipinski definition) is 3. The first-order valence-electron chi connectivity index (χ1n) is 13.3. The molecule has 2 saturated carbocycles. The Morgan fingerprint density at radius 3 is 2.58 bits per heavy atom. The molecular formula is C30H36N4O2. The summed E-state index contributed by atoms with van der Waals surface area (Å²) < 4.78 is 6.00. The number of anilines is 3. The van der Waals surface area contributed by atoms with Crippen molar-refractivity contribution in [2.75, 3.05) is 17.2 Å². The van der Waals surface area contributed by atoms with Crippen LogP contribution in [0.3, 0.4) is 0 Å². The molecule has 0 saturated heterocycles. The number of pyridine rings is 1. The monoisotopic (exact) mass is 484 g/mol. The second-order valence-corrected chi connectivity index (χ2v) is 10.0. The lowest BCUT2D eigenvalue weighted by atomic mass is 9.87. The van der Waals surface area contributed by atoms with Crippen LogP contribution in [0.5, 0.6) is 5.75 Å². The summed E-state index contributed by atoms with van der Waals surface area (Å²) in [6, 6.07) is 19.8. The molecule has 2 fully saturated rings. The molecule has 0 spiro atoms. The Kier molecular flexibility index (Phi) is 8.01. The van der Waals surface area contributed by atoms with Crippen molar-refractivity contribution in [1.29, 1.82) is 0 Å². The molecule has 3 aromatic rings. The van der Waals surface area contributed by atoms with Crippen molar-refractivity contribution < 1.29 is 9.53 Å². The third kappa shape index (κ3) is 7.00. The van der Waals surface area contributed by atoms with Crippen molar-refractivity contribution in [3.8, 4) is 5.75 Å². The number of nitrogens with one attached hydrogen (secondary N) is 3. The van der Waals surface area contributed by atoms with Crippen LogP contribution in [-0.4, -0.2) is 17.6 Å². The third-order valence-electron chi connectivity index (χ3n) is 7.12. The number of ether oxygens (including phenoxy) is 1. The van der Waals surface area contributed by atoms with Crippen LogP contribution in [-0.2, 0) is 6.61 Å². The van der Waals surface area contributed by atoms with E-state index in [0.29, 0.717) is 12.5 Å². The molecule has 6 nitrogen and oxygen atoms in total. The number of carbonyl (C=O) groups excluding carboxylic acids is 1. The minimum atomic E-state index is -0.143. The number of amides is 2. The summed E-state index contributed by atoms with van der Waals surface area (Å²) in [6.45, 7) is 1.18. The fourth-order valence-corrected chi connectivity index (χ4v) is 4.99. The fourth-order valence-electron chi connectivity index (χ4n) is 4.99. The first kappa shape index (κ1) is 24.2. The van der Waals surface area contributed by atoms with Crippen LogP contribution >= 0.6 is 0 Å². The summed E-state index contributed by atoms with van der Waals surface area (Å²) in [7, 11) is 0. The lowest BCUT2D eigenvalue weighted by Crippen LogP contribution is -2.30. The molecule has 0 bridgehead atoms. The van der Waals surface area contributed by atoms with Gasteiger partial charge in [-0.05, 0) is 85.2 Å². The molecule has 2 aliphatic rings. The molecular weight excluding hydrogens is 448 g/mol. The number of aromatic nitrogens is 1. The van der Waals surface area contributed by atoms with Crippen LogP contribution in [0.15, 0.2) is 66.9 Å². The van der Waals surface area contributed by atoms with E-state index >= 15 is 0 Å². The van der Waals surface area contributed by atoms with E-state index < -0.39 is 0 Å². The Labute approximate surface area is 213 Å². The summed E-state index contributed by atoms with van der Waals surface area (Å²) in [6.07, 6.45) is 11.9. The van der Waals surface area contributed by atoms with Gasteiger partial charge in [0.2, 0.25) is 0 Å². The largest absolute Gasteiger partial charge is 0.487 e. The molecule has 0 aliphatic heterocycles. The molecule has 2 aliphatic carbocycles. The van der Waals surface area contributed by atoms with Gasteiger partial charge in [-0.15, -0.1) is 0 Å². The van der Waals surface area contributed by atoms with Gasteiger partial charge in [-0.1, -0.05) is 44.2 Å². The van der Waals surface area contributed by atoms with Gasteiger partial charge in [-0.2, -0.15) is 0 Å². The van der Waals surface area contributed by atoms with Crippen LogP contribution in [0.1, 0.15) is 68.5 Å². The van der Waals surface area contributed by atoms with Gasteiger partial charge < -0.3 is 20.7 Å². The summed E-state index contributed by atoms with van der Waals surface area (Å²) in [4.78, 5) is 16.7. The van der Waals surface area contributed by atoms with E-state index in [1.54, 1.807) is 6.20 Å². The van der Waals surface area contributed by atoms with Crippen molar-refractivity contribution in [2.24, 2.45) is 5.92 Å². The number of benzene rings is 2. The van der Waals surface area contributed by atoms with Crippen molar-refractivity contribution in [1.82, 2.24) is 10.3 Å². The molecule has 1 aromatic heterocycles. The van der Waals surface area contributed by atoms with Gasteiger partial charge in [-0.25, -0.2) is 4.79 Å². The van der Waals surface area contributed by atoms with E-state index in [1.807, 2.05) is 48.5 Å². The van der Waals surface area contributed by atoms with Crippen LogP contribution in [0.4, 0.5) is 21.9 Å². The van der Waals surface area contributed by atoms with Crippen molar-refractivity contribution >= 4 is 23.1 Å². The van der Waals surface area contributed by atoms with Crippen LogP contribution < -0.4 is 20.7 Å². The van der Waals surface area contributed by atoms with Crippen LogP contribution in [0.25, 0.3) is 0 Å². The van der Waals surface area contributed by atoms with Crippen molar-refractivity contribution in [3.63, 3.8) is 0 Å². The van der Waals surface area contributed by atoms with Gasteiger partial charge in [0.15, 0.2) is 0 Å². The van der Waals surface area contributed by atoms with Gasteiger partial charge in [0.05, 0.1) is 5.69 Å².